The van der Waals surface area contributed by atoms with Crippen molar-refractivity contribution in [3.05, 3.63) is 36.1 Å². The first-order chi connectivity index (χ1) is 9.52. The summed E-state index contributed by atoms with van der Waals surface area (Å²) < 4.78 is 6.01. The highest BCUT2D eigenvalue weighted by Gasteiger charge is 2.25. The largest absolute Gasteiger partial charge is 0.459 e. The van der Waals surface area contributed by atoms with Gasteiger partial charge in [-0.15, -0.1) is 0 Å². The van der Waals surface area contributed by atoms with Crippen LogP contribution in [0.25, 0.3) is 11.0 Å². The fourth-order valence-corrected chi connectivity index (χ4v) is 2.70. The highest BCUT2D eigenvalue weighted by Crippen LogP contribution is 2.28. The Balaban J connectivity index is 2.33. The molecule has 1 atom stereocenters. The second-order valence-corrected chi connectivity index (χ2v) is 6.12. The zero-order chi connectivity index (χ0) is 14.7. The number of nitrogens with zero attached hydrogens (tertiary/aromatic N) is 1. The average Bonchev–Trinajstić information content (AvgIpc) is 2.81. The van der Waals surface area contributed by atoms with E-state index in [1.165, 1.54) is 0 Å². The van der Waals surface area contributed by atoms with Crippen molar-refractivity contribution in [1.82, 2.24) is 4.90 Å². The molecule has 0 fully saturated rings. The summed E-state index contributed by atoms with van der Waals surface area (Å²) in [6.45, 7) is 10.5. The van der Waals surface area contributed by atoms with Gasteiger partial charge in [-0.3, -0.25) is 4.90 Å². The van der Waals surface area contributed by atoms with Crippen molar-refractivity contribution in [2.45, 2.75) is 39.8 Å². The molecule has 3 heteroatoms. The molecular weight excluding hydrogens is 248 g/mol. The molecule has 0 aliphatic carbocycles. The number of rotatable bonds is 6. The molecule has 0 aliphatic heterocycles. The first-order valence-electron chi connectivity index (χ1n) is 7.47. The van der Waals surface area contributed by atoms with Gasteiger partial charge in [0.25, 0.3) is 0 Å². The van der Waals surface area contributed by atoms with Crippen LogP contribution in [0, 0.1) is 5.92 Å². The minimum atomic E-state index is 0.143. The van der Waals surface area contributed by atoms with Crippen LogP contribution in [-0.2, 0) is 0 Å². The van der Waals surface area contributed by atoms with Crippen LogP contribution in [0.3, 0.4) is 0 Å². The Bertz CT molecular complexity index is 512. The summed E-state index contributed by atoms with van der Waals surface area (Å²) in [6.07, 6.45) is 0. The summed E-state index contributed by atoms with van der Waals surface area (Å²) in [5.74, 6) is 1.58. The average molecular weight is 274 g/mol. The van der Waals surface area contributed by atoms with Crippen molar-refractivity contribution in [2.24, 2.45) is 11.7 Å². The Morgan fingerprint density at radius 3 is 2.40 bits per heavy atom. The number of nitrogens with two attached hydrogens (primary N) is 1. The lowest BCUT2D eigenvalue weighted by Gasteiger charge is -2.34. The van der Waals surface area contributed by atoms with Gasteiger partial charge in [0.05, 0.1) is 6.04 Å². The molecule has 2 rings (SSSR count). The fraction of sp³-hybridized carbons (Fsp3) is 0.529. The van der Waals surface area contributed by atoms with Crippen LogP contribution in [0.1, 0.15) is 39.5 Å². The highest BCUT2D eigenvalue weighted by atomic mass is 16.3. The maximum absolute atomic E-state index is 6.04. The lowest BCUT2D eigenvalue weighted by molar-refractivity contribution is 0.124. The number of fused-ring (bicyclic) bond motifs is 1. The van der Waals surface area contributed by atoms with E-state index in [4.69, 9.17) is 10.2 Å². The van der Waals surface area contributed by atoms with Crippen molar-refractivity contribution >= 4 is 11.0 Å². The fourth-order valence-electron chi connectivity index (χ4n) is 2.70. The zero-order valence-corrected chi connectivity index (χ0v) is 13.0. The molecule has 110 valence electrons. The molecule has 1 aromatic carbocycles. The summed E-state index contributed by atoms with van der Waals surface area (Å²) in [6, 6.07) is 10.8. The number of furan rings is 1. The Morgan fingerprint density at radius 2 is 1.85 bits per heavy atom. The normalized spacial score (nSPS) is 13.8. The van der Waals surface area contributed by atoms with Gasteiger partial charge in [-0.25, -0.2) is 0 Å². The van der Waals surface area contributed by atoms with E-state index in [0.717, 1.165) is 23.3 Å². The number of benzene rings is 1. The smallest absolute Gasteiger partial charge is 0.134 e. The molecule has 0 radical (unpaired) electrons. The van der Waals surface area contributed by atoms with Crippen LogP contribution >= 0.6 is 0 Å². The van der Waals surface area contributed by atoms with E-state index in [2.05, 4.69) is 44.7 Å². The van der Waals surface area contributed by atoms with Gasteiger partial charge in [0, 0.05) is 24.5 Å². The van der Waals surface area contributed by atoms with Crippen LogP contribution in [0.5, 0.6) is 0 Å². The summed E-state index contributed by atoms with van der Waals surface area (Å²) in [4.78, 5) is 2.43. The van der Waals surface area contributed by atoms with Crippen LogP contribution < -0.4 is 5.73 Å². The molecule has 0 aliphatic rings. The van der Waals surface area contributed by atoms with E-state index in [9.17, 15) is 0 Å². The van der Waals surface area contributed by atoms with E-state index >= 15 is 0 Å². The standard InChI is InChI=1S/C17H26N2O/c1-12(2)11-19(13(3)4)15(10-18)17-9-14-7-5-6-8-16(14)20-17/h5-9,12-13,15H,10-11,18H2,1-4H3. The van der Waals surface area contributed by atoms with Crippen molar-refractivity contribution < 1.29 is 4.42 Å². The van der Waals surface area contributed by atoms with Crippen LogP contribution in [0.4, 0.5) is 0 Å². The first kappa shape index (κ1) is 15.1. The van der Waals surface area contributed by atoms with Crippen molar-refractivity contribution in [3.63, 3.8) is 0 Å². The third kappa shape index (κ3) is 3.22. The van der Waals surface area contributed by atoms with E-state index < -0.39 is 0 Å². The summed E-state index contributed by atoms with van der Waals surface area (Å²) >= 11 is 0. The van der Waals surface area contributed by atoms with Crippen molar-refractivity contribution in [3.8, 4) is 0 Å². The molecule has 3 nitrogen and oxygen atoms in total. The van der Waals surface area contributed by atoms with Gasteiger partial charge in [0.2, 0.25) is 0 Å². The molecular formula is C17H26N2O. The molecule has 0 spiro atoms. The van der Waals surface area contributed by atoms with Gasteiger partial charge in [0.1, 0.15) is 11.3 Å². The van der Waals surface area contributed by atoms with Crippen molar-refractivity contribution in [2.75, 3.05) is 13.1 Å². The molecule has 2 N–H and O–H groups in total. The van der Waals surface area contributed by atoms with E-state index in [-0.39, 0.29) is 6.04 Å². The van der Waals surface area contributed by atoms with Gasteiger partial charge in [-0.2, -0.15) is 0 Å². The molecule has 1 heterocycles. The summed E-state index contributed by atoms with van der Waals surface area (Å²) in [5.41, 5.74) is 6.98. The van der Waals surface area contributed by atoms with Crippen LogP contribution in [0.2, 0.25) is 0 Å². The van der Waals surface area contributed by atoms with Crippen LogP contribution in [0.15, 0.2) is 34.7 Å². The number of para-hydroxylation sites is 1. The maximum Gasteiger partial charge on any atom is 0.134 e. The minimum absolute atomic E-state index is 0.143. The van der Waals surface area contributed by atoms with Gasteiger partial charge in [-0.05, 0) is 31.9 Å². The third-order valence-corrected chi connectivity index (χ3v) is 3.64. The number of hydrogen-bond acceptors (Lipinski definition) is 3. The second-order valence-electron chi connectivity index (χ2n) is 6.12. The number of hydrogen-bond donors (Lipinski definition) is 1. The topological polar surface area (TPSA) is 42.4 Å². The monoisotopic (exact) mass is 274 g/mol. The zero-order valence-electron chi connectivity index (χ0n) is 13.0. The predicted molar refractivity (Wildman–Crippen MR) is 84.7 cm³/mol. The summed E-state index contributed by atoms with van der Waals surface area (Å²) in [7, 11) is 0. The van der Waals surface area contributed by atoms with Gasteiger partial charge >= 0.3 is 0 Å². The Kier molecular flexibility index (Phi) is 4.84. The third-order valence-electron chi connectivity index (χ3n) is 3.64. The second kappa shape index (κ2) is 6.42. The van der Waals surface area contributed by atoms with E-state index in [0.29, 0.717) is 18.5 Å². The lowest BCUT2D eigenvalue weighted by atomic mass is 10.1. The molecule has 0 saturated carbocycles. The SMILES string of the molecule is CC(C)CN(C(C)C)C(CN)c1cc2ccccc2o1. The van der Waals surface area contributed by atoms with Crippen LogP contribution in [-0.4, -0.2) is 24.0 Å². The Morgan fingerprint density at radius 1 is 1.15 bits per heavy atom. The van der Waals surface area contributed by atoms with Gasteiger partial charge in [-0.1, -0.05) is 32.0 Å². The Hall–Kier alpha value is -1.32. The van der Waals surface area contributed by atoms with Gasteiger partial charge in [0.15, 0.2) is 0 Å². The lowest BCUT2D eigenvalue weighted by Crippen LogP contribution is -2.40. The molecule has 1 unspecified atom stereocenters. The van der Waals surface area contributed by atoms with E-state index in [1.807, 2.05) is 18.2 Å². The van der Waals surface area contributed by atoms with Gasteiger partial charge < -0.3 is 10.2 Å². The molecule has 0 bridgehead atoms. The minimum Gasteiger partial charge on any atom is -0.459 e. The molecule has 0 saturated heterocycles. The highest BCUT2D eigenvalue weighted by molar-refractivity contribution is 5.77. The quantitative estimate of drug-likeness (QED) is 0.871. The first-order valence-corrected chi connectivity index (χ1v) is 7.47. The summed E-state index contributed by atoms with van der Waals surface area (Å²) in [5, 5.41) is 1.15. The molecule has 20 heavy (non-hydrogen) atoms. The van der Waals surface area contributed by atoms with E-state index in [1.54, 1.807) is 0 Å². The Labute approximate surface area is 121 Å². The molecule has 1 aromatic heterocycles. The maximum atomic E-state index is 6.04. The molecule has 0 amide bonds. The molecule has 2 aromatic rings. The predicted octanol–water partition coefficient (Wildman–Crippen LogP) is 3.80. The van der Waals surface area contributed by atoms with Crippen molar-refractivity contribution in [1.29, 1.82) is 0 Å².